The van der Waals surface area contributed by atoms with Gasteiger partial charge in [0.2, 0.25) is 5.60 Å². The van der Waals surface area contributed by atoms with Gasteiger partial charge in [-0.3, -0.25) is 9.78 Å². The number of esters is 1. The predicted octanol–water partition coefficient (Wildman–Crippen LogP) is 2.81. The van der Waals surface area contributed by atoms with Crippen LogP contribution in [0.25, 0.3) is 0 Å². The van der Waals surface area contributed by atoms with Crippen LogP contribution < -0.4 is 0 Å². The van der Waals surface area contributed by atoms with Crippen LogP contribution in [0, 0.1) is 0 Å². The normalized spacial score (nSPS) is 15.1. The van der Waals surface area contributed by atoms with Crippen LogP contribution in [0.2, 0.25) is 0 Å². The standard InChI is InChI=1S/C11H12F3NO2/c1-3-10(11(12,13)14,17-8(2)16)9-6-4-5-7-15-9/h4-7H,3H2,1-2H3. The number of halogens is 3. The van der Waals surface area contributed by atoms with E-state index in [9.17, 15) is 18.0 Å². The lowest BCUT2D eigenvalue weighted by Gasteiger charge is -2.33. The average Bonchev–Trinajstić information content (AvgIpc) is 2.25. The highest BCUT2D eigenvalue weighted by atomic mass is 19.4. The SMILES string of the molecule is CCC(OC(C)=O)(c1ccccn1)C(F)(F)F. The molecule has 0 N–H and O–H groups in total. The summed E-state index contributed by atoms with van der Waals surface area (Å²) in [5.41, 5.74) is -2.98. The molecule has 0 aromatic carbocycles. The number of hydrogen-bond acceptors (Lipinski definition) is 3. The van der Waals surface area contributed by atoms with Crippen LogP contribution >= 0.6 is 0 Å². The third kappa shape index (κ3) is 2.57. The van der Waals surface area contributed by atoms with Crippen LogP contribution in [0.1, 0.15) is 26.0 Å². The molecule has 0 bridgehead atoms. The van der Waals surface area contributed by atoms with Crippen molar-refractivity contribution in [3.8, 4) is 0 Å². The van der Waals surface area contributed by atoms with Crippen molar-refractivity contribution in [2.75, 3.05) is 0 Å². The minimum atomic E-state index is -4.71. The molecule has 3 nitrogen and oxygen atoms in total. The molecule has 0 radical (unpaired) electrons. The fourth-order valence-electron chi connectivity index (χ4n) is 1.56. The van der Waals surface area contributed by atoms with Gasteiger partial charge in [-0.1, -0.05) is 13.0 Å². The number of ether oxygens (including phenoxy) is 1. The summed E-state index contributed by atoms with van der Waals surface area (Å²) in [6, 6.07) is 4.11. The molecule has 0 saturated carbocycles. The van der Waals surface area contributed by atoms with Crippen molar-refractivity contribution in [1.29, 1.82) is 0 Å². The van der Waals surface area contributed by atoms with E-state index in [4.69, 9.17) is 0 Å². The topological polar surface area (TPSA) is 39.2 Å². The van der Waals surface area contributed by atoms with E-state index < -0.39 is 24.2 Å². The minimum absolute atomic E-state index is 0.315. The summed E-state index contributed by atoms with van der Waals surface area (Å²) in [6.45, 7) is 2.24. The van der Waals surface area contributed by atoms with Crippen molar-refractivity contribution in [1.82, 2.24) is 4.98 Å². The molecular weight excluding hydrogens is 235 g/mol. The smallest absolute Gasteiger partial charge is 0.434 e. The first-order valence-electron chi connectivity index (χ1n) is 5.01. The molecular formula is C11H12F3NO2. The number of alkyl halides is 3. The van der Waals surface area contributed by atoms with Crippen LogP contribution in [-0.4, -0.2) is 17.1 Å². The zero-order chi connectivity index (χ0) is 13.1. The Bertz CT molecular complexity index is 391. The Morgan fingerprint density at radius 2 is 2.06 bits per heavy atom. The average molecular weight is 247 g/mol. The van der Waals surface area contributed by atoms with E-state index in [1.54, 1.807) is 0 Å². The van der Waals surface area contributed by atoms with E-state index in [1.165, 1.54) is 31.3 Å². The van der Waals surface area contributed by atoms with E-state index in [0.29, 0.717) is 0 Å². The Hall–Kier alpha value is -1.59. The lowest BCUT2D eigenvalue weighted by atomic mass is 9.94. The number of nitrogens with zero attached hydrogens (tertiary/aromatic N) is 1. The van der Waals surface area contributed by atoms with Crippen molar-refractivity contribution in [3.63, 3.8) is 0 Å². The van der Waals surface area contributed by atoms with Gasteiger partial charge in [0.15, 0.2) is 0 Å². The largest absolute Gasteiger partial charge is 0.443 e. The summed E-state index contributed by atoms with van der Waals surface area (Å²) in [7, 11) is 0. The Morgan fingerprint density at radius 1 is 1.41 bits per heavy atom. The second-order valence-corrected chi connectivity index (χ2v) is 3.49. The summed E-state index contributed by atoms with van der Waals surface area (Å²) < 4.78 is 43.8. The van der Waals surface area contributed by atoms with Gasteiger partial charge in [-0.05, 0) is 18.6 Å². The predicted molar refractivity (Wildman–Crippen MR) is 54.0 cm³/mol. The van der Waals surface area contributed by atoms with Crippen LogP contribution in [-0.2, 0) is 15.1 Å². The number of carbonyl (C=O) groups is 1. The summed E-state index contributed by atoms with van der Waals surface area (Å²) in [5.74, 6) is -0.991. The van der Waals surface area contributed by atoms with E-state index in [1.807, 2.05) is 0 Å². The van der Waals surface area contributed by atoms with Crippen molar-refractivity contribution in [2.45, 2.75) is 32.0 Å². The van der Waals surface area contributed by atoms with E-state index in [2.05, 4.69) is 9.72 Å². The first-order chi connectivity index (χ1) is 7.83. The van der Waals surface area contributed by atoms with Crippen molar-refractivity contribution < 1.29 is 22.7 Å². The molecule has 0 amide bonds. The zero-order valence-corrected chi connectivity index (χ0v) is 9.41. The molecule has 0 aliphatic rings. The Balaban J connectivity index is 3.31. The van der Waals surface area contributed by atoms with Crippen molar-refractivity contribution in [3.05, 3.63) is 30.1 Å². The number of hydrogen-bond donors (Lipinski definition) is 0. The maximum Gasteiger partial charge on any atom is 0.434 e. The molecule has 1 unspecified atom stereocenters. The lowest BCUT2D eigenvalue weighted by Crippen LogP contribution is -2.46. The molecule has 0 aliphatic carbocycles. The number of carbonyl (C=O) groups excluding carboxylic acids is 1. The third-order valence-corrected chi connectivity index (χ3v) is 2.35. The fraction of sp³-hybridized carbons (Fsp3) is 0.455. The van der Waals surface area contributed by atoms with Crippen LogP contribution in [0.4, 0.5) is 13.2 Å². The van der Waals surface area contributed by atoms with Crippen LogP contribution in [0.5, 0.6) is 0 Å². The van der Waals surface area contributed by atoms with E-state index in [0.717, 1.165) is 6.92 Å². The summed E-state index contributed by atoms with van der Waals surface area (Å²) >= 11 is 0. The molecule has 0 fully saturated rings. The summed E-state index contributed by atoms with van der Waals surface area (Å²) in [4.78, 5) is 14.5. The minimum Gasteiger partial charge on any atom is -0.443 e. The van der Waals surface area contributed by atoms with Gasteiger partial charge in [-0.25, -0.2) is 0 Å². The second kappa shape index (κ2) is 4.73. The molecule has 94 valence electrons. The van der Waals surface area contributed by atoms with Gasteiger partial charge < -0.3 is 4.74 Å². The highest BCUT2D eigenvalue weighted by Crippen LogP contribution is 2.43. The Kier molecular flexibility index (Phi) is 3.75. The monoisotopic (exact) mass is 247 g/mol. The molecule has 0 saturated heterocycles. The van der Waals surface area contributed by atoms with E-state index in [-0.39, 0.29) is 5.69 Å². The Labute approximate surface area is 96.6 Å². The highest BCUT2D eigenvalue weighted by molar-refractivity contribution is 5.66. The lowest BCUT2D eigenvalue weighted by molar-refractivity contribution is -0.278. The molecule has 17 heavy (non-hydrogen) atoms. The molecule has 0 spiro atoms. The maximum atomic E-state index is 13.1. The van der Waals surface area contributed by atoms with Gasteiger partial charge in [0.25, 0.3) is 0 Å². The molecule has 0 aliphatic heterocycles. The first kappa shape index (κ1) is 13.5. The van der Waals surface area contributed by atoms with Gasteiger partial charge in [-0.15, -0.1) is 0 Å². The highest BCUT2D eigenvalue weighted by Gasteiger charge is 2.59. The molecule has 6 heteroatoms. The van der Waals surface area contributed by atoms with Crippen LogP contribution in [0.15, 0.2) is 24.4 Å². The summed E-state index contributed by atoms with van der Waals surface area (Å²) in [5, 5.41) is 0. The fourth-order valence-corrected chi connectivity index (χ4v) is 1.56. The Morgan fingerprint density at radius 3 is 2.41 bits per heavy atom. The first-order valence-corrected chi connectivity index (χ1v) is 5.01. The van der Waals surface area contributed by atoms with E-state index >= 15 is 0 Å². The molecule has 1 aromatic rings. The van der Waals surface area contributed by atoms with Gasteiger partial charge in [0, 0.05) is 13.1 Å². The van der Waals surface area contributed by atoms with Crippen LogP contribution in [0.3, 0.4) is 0 Å². The maximum absolute atomic E-state index is 13.1. The zero-order valence-electron chi connectivity index (χ0n) is 9.41. The second-order valence-electron chi connectivity index (χ2n) is 3.49. The number of pyridine rings is 1. The van der Waals surface area contributed by atoms with Gasteiger partial charge in [0.05, 0.1) is 5.69 Å². The molecule has 1 heterocycles. The number of rotatable bonds is 3. The van der Waals surface area contributed by atoms with Gasteiger partial charge in [0.1, 0.15) is 0 Å². The third-order valence-electron chi connectivity index (χ3n) is 2.35. The quantitative estimate of drug-likeness (QED) is 0.771. The van der Waals surface area contributed by atoms with Crippen molar-refractivity contribution >= 4 is 5.97 Å². The van der Waals surface area contributed by atoms with Gasteiger partial charge in [-0.2, -0.15) is 13.2 Å². The molecule has 1 aromatic heterocycles. The summed E-state index contributed by atoms with van der Waals surface area (Å²) in [6.07, 6.45) is -3.90. The number of aromatic nitrogens is 1. The molecule has 1 atom stereocenters. The van der Waals surface area contributed by atoms with Crippen molar-refractivity contribution in [2.24, 2.45) is 0 Å². The van der Waals surface area contributed by atoms with Gasteiger partial charge >= 0.3 is 12.1 Å². The molecule has 1 rings (SSSR count).